The number of alkyl halides is 1. The van der Waals surface area contributed by atoms with Crippen LogP contribution in [0.25, 0.3) is 0 Å². The second-order valence-corrected chi connectivity index (χ2v) is 5.48. The largest absolute Gasteiger partial charge is 0.394 e. The number of aliphatic hydroxyl groups is 7. The summed E-state index contributed by atoms with van der Waals surface area (Å²) in [7, 11) is 0. The van der Waals surface area contributed by atoms with E-state index < -0.39 is 74.7 Å². The highest BCUT2D eigenvalue weighted by molar-refractivity contribution is 4.92. The molecule has 10 nitrogen and oxygen atoms in total. The molecule has 23 heavy (non-hydrogen) atoms. The van der Waals surface area contributed by atoms with Crippen molar-refractivity contribution in [2.45, 2.75) is 61.5 Å². The molecule has 0 aromatic carbocycles. The molecule has 0 saturated carbocycles. The number of hydrogen-bond acceptors (Lipinski definition) is 10. The number of rotatable bonds is 4. The Bertz CT molecular complexity index is 349. The Morgan fingerprint density at radius 2 is 1.17 bits per heavy atom. The van der Waals surface area contributed by atoms with Crippen LogP contribution >= 0.6 is 0 Å². The van der Waals surface area contributed by atoms with Crippen LogP contribution in [0.4, 0.5) is 4.39 Å². The molecule has 2 aliphatic heterocycles. The predicted octanol–water partition coefficient (Wildman–Crippen LogP) is -4.42. The normalized spacial score (nSPS) is 51.7. The van der Waals surface area contributed by atoms with E-state index in [9.17, 15) is 29.9 Å². The average Bonchev–Trinajstić information content (AvgIpc) is 2.55. The molecule has 2 aliphatic rings. The van der Waals surface area contributed by atoms with E-state index >= 15 is 0 Å². The lowest BCUT2D eigenvalue weighted by atomic mass is 9.98. The minimum absolute atomic E-state index is 0.698. The maximum Gasteiger partial charge on any atom is 0.195 e. The van der Waals surface area contributed by atoms with Crippen molar-refractivity contribution in [3.05, 3.63) is 0 Å². The van der Waals surface area contributed by atoms with Gasteiger partial charge in [0.25, 0.3) is 0 Å². The molecule has 0 amide bonds. The lowest BCUT2D eigenvalue weighted by Gasteiger charge is -2.43. The highest BCUT2D eigenvalue weighted by Gasteiger charge is 2.50. The van der Waals surface area contributed by atoms with Gasteiger partial charge in [0.1, 0.15) is 42.7 Å². The van der Waals surface area contributed by atoms with Crippen LogP contribution in [0.1, 0.15) is 0 Å². The average molecular weight is 344 g/mol. The Morgan fingerprint density at radius 3 is 1.70 bits per heavy atom. The van der Waals surface area contributed by atoms with Gasteiger partial charge in [-0.05, 0) is 0 Å². The van der Waals surface area contributed by atoms with Gasteiger partial charge in [0.15, 0.2) is 18.8 Å². The first-order valence-electron chi connectivity index (χ1n) is 7.04. The summed E-state index contributed by atoms with van der Waals surface area (Å²) in [6.45, 7) is -1.42. The van der Waals surface area contributed by atoms with Crippen molar-refractivity contribution in [3.63, 3.8) is 0 Å². The van der Waals surface area contributed by atoms with E-state index in [0.29, 0.717) is 0 Å². The fourth-order valence-corrected chi connectivity index (χ4v) is 2.47. The molecule has 11 heteroatoms. The van der Waals surface area contributed by atoms with E-state index in [1.807, 2.05) is 0 Å². The van der Waals surface area contributed by atoms with Gasteiger partial charge >= 0.3 is 0 Å². The first-order chi connectivity index (χ1) is 10.8. The first-order valence-corrected chi connectivity index (χ1v) is 7.04. The SMILES string of the molecule is OCC1O[C@H](O[C@H]2O[C@H](CO)[C@@H](O)C(O)C2O)C(F)C(O)[C@@H]1O. The molecule has 0 spiro atoms. The summed E-state index contributed by atoms with van der Waals surface area (Å²) in [6.07, 6.45) is -17.0. The van der Waals surface area contributed by atoms with Gasteiger partial charge in [0, 0.05) is 0 Å². The lowest BCUT2D eigenvalue weighted by Crippen LogP contribution is -2.63. The van der Waals surface area contributed by atoms with E-state index in [1.54, 1.807) is 0 Å². The van der Waals surface area contributed by atoms with Crippen LogP contribution in [0.2, 0.25) is 0 Å². The Morgan fingerprint density at radius 1 is 0.696 bits per heavy atom. The quantitative estimate of drug-likeness (QED) is 0.264. The molecule has 2 fully saturated rings. The first kappa shape index (κ1) is 18.9. The van der Waals surface area contributed by atoms with Gasteiger partial charge in [-0.2, -0.15) is 0 Å². The fraction of sp³-hybridized carbons (Fsp3) is 1.00. The smallest absolute Gasteiger partial charge is 0.195 e. The van der Waals surface area contributed by atoms with E-state index in [2.05, 4.69) is 0 Å². The maximum atomic E-state index is 14.0. The van der Waals surface area contributed by atoms with Crippen molar-refractivity contribution in [3.8, 4) is 0 Å². The third kappa shape index (κ3) is 3.64. The zero-order valence-corrected chi connectivity index (χ0v) is 11.9. The molecule has 0 radical (unpaired) electrons. The summed E-state index contributed by atoms with van der Waals surface area (Å²) in [5.41, 5.74) is 0. The van der Waals surface area contributed by atoms with Crippen LogP contribution in [0.5, 0.6) is 0 Å². The van der Waals surface area contributed by atoms with Crippen molar-refractivity contribution in [2.24, 2.45) is 0 Å². The van der Waals surface area contributed by atoms with Crippen molar-refractivity contribution in [2.75, 3.05) is 13.2 Å². The minimum atomic E-state index is -2.22. The van der Waals surface area contributed by atoms with Crippen LogP contribution in [-0.2, 0) is 14.2 Å². The maximum absolute atomic E-state index is 14.0. The highest BCUT2D eigenvalue weighted by atomic mass is 19.1. The number of aliphatic hydroxyl groups excluding tert-OH is 7. The Kier molecular flexibility index (Phi) is 6.24. The molecule has 5 unspecified atom stereocenters. The van der Waals surface area contributed by atoms with Gasteiger partial charge in [-0.15, -0.1) is 0 Å². The molecule has 0 aromatic rings. The number of halogens is 1. The van der Waals surface area contributed by atoms with E-state index in [1.165, 1.54) is 0 Å². The van der Waals surface area contributed by atoms with Gasteiger partial charge in [0.2, 0.25) is 0 Å². The van der Waals surface area contributed by atoms with E-state index in [4.69, 9.17) is 24.4 Å². The molecule has 0 aliphatic carbocycles. The highest BCUT2D eigenvalue weighted by Crippen LogP contribution is 2.29. The Labute approximate surface area is 130 Å². The molecule has 136 valence electrons. The van der Waals surface area contributed by atoms with E-state index in [-0.39, 0.29) is 0 Å². The van der Waals surface area contributed by atoms with Gasteiger partial charge in [-0.25, -0.2) is 4.39 Å². The van der Waals surface area contributed by atoms with Crippen LogP contribution in [0.15, 0.2) is 0 Å². The molecule has 0 bridgehead atoms. The van der Waals surface area contributed by atoms with Crippen molar-refractivity contribution in [1.82, 2.24) is 0 Å². The summed E-state index contributed by atoms with van der Waals surface area (Å²) < 4.78 is 29.0. The number of hydrogen-bond donors (Lipinski definition) is 7. The van der Waals surface area contributed by atoms with Gasteiger partial charge in [0.05, 0.1) is 13.2 Å². The summed E-state index contributed by atoms with van der Waals surface area (Å²) in [5, 5.41) is 66.2. The Hall–Kier alpha value is -0.470. The summed E-state index contributed by atoms with van der Waals surface area (Å²) in [5.74, 6) is 0. The second kappa shape index (κ2) is 7.61. The molecule has 7 N–H and O–H groups in total. The molecule has 0 aromatic heterocycles. The van der Waals surface area contributed by atoms with E-state index in [0.717, 1.165) is 0 Å². The number of ether oxygens (including phenoxy) is 3. The molecule has 10 atom stereocenters. The molecule has 2 saturated heterocycles. The summed E-state index contributed by atoms with van der Waals surface area (Å²) in [6, 6.07) is 0. The molecular weight excluding hydrogens is 323 g/mol. The monoisotopic (exact) mass is 344 g/mol. The zero-order valence-electron chi connectivity index (χ0n) is 11.9. The topological polar surface area (TPSA) is 169 Å². The third-order valence-electron chi connectivity index (χ3n) is 3.92. The summed E-state index contributed by atoms with van der Waals surface area (Å²) in [4.78, 5) is 0. The summed E-state index contributed by atoms with van der Waals surface area (Å²) >= 11 is 0. The molecule has 2 heterocycles. The molecular formula is C12H21FO10. The molecule has 2 rings (SSSR count). The lowest BCUT2D eigenvalue weighted by molar-refractivity contribution is -0.370. The van der Waals surface area contributed by atoms with Crippen LogP contribution in [-0.4, -0.2) is 110 Å². The van der Waals surface area contributed by atoms with Crippen molar-refractivity contribution < 1.29 is 54.3 Å². The van der Waals surface area contributed by atoms with Crippen LogP contribution < -0.4 is 0 Å². The van der Waals surface area contributed by atoms with Crippen LogP contribution in [0, 0.1) is 0 Å². The zero-order chi connectivity index (χ0) is 17.3. The third-order valence-corrected chi connectivity index (χ3v) is 3.92. The van der Waals surface area contributed by atoms with Crippen molar-refractivity contribution in [1.29, 1.82) is 0 Å². The van der Waals surface area contributed by atoms with Gasteiger partial charge in [-0.3, -0.25) is 0 Å². The predicted molar refractivity (Wildman–Crippen MR) is 67.5 cm³/mol. The minimum Gasteiger partial charge on any atom is -0.394 e. The van der Waals surface area contributed by atoms with Gasteiger partial charge < -0.3 is 50.0 Å². The standard InChI is InChI=1S/C12H21FO10/c13-5-8(18)6(16)3(1-14)21-11(5)23-12-10(20)9(19)7(17)4(2-15)22-12/h3-12,14-20H,1-2H2/t3?,4-,5?,6-,7-,8?,9?,10?,11-,12-/m1/s1. The van der Waals surface area contributed by atoms with Crippen molar-refractivity contribution >= 4 is 0 Å². The fourth-order valence-electron chi connectivity index (χ4n) is 2.47. The second-order valence-electron chi connectivity index (χ2n) is 5.48. The Balaban J connectivity index is 2.07. The van der Waals surface area contributed by atoms with Crippen LogP contribution in [0.3, 0.4) is 0 Å². The van der Waals surface area contributed by atoms with Gasteiger partial charge in [-0.1, -0.05) is 0 Å².